The van der Waals surface area contributed by atoms with Crippen LogP contribution in [0.25, 0.3) is 0 Å². The maximum atomic E-state index is 12.9. The Balaban J connectivity index is 0.960. The highest BCUT2D eigenvalue weighted by Gasteiger charge is 2.56. The van der Waals surface area contributed by atoms with E-state index >= 15 is 0 Å². The van der Waals surface area contributed by atoms with E-state index < -0.39 is 12.2 Å². The second-order valence-electron chi connectivity index (χ2n) is 13.3. The molecule has 12 nitrogen and oxygen atoms in total. The van der Waals surface area contributed by atoms with Crippen molar-refractivity contribution in [3.8, 4) is 0 Å². The zero-order valence-electron chi connectivity index (χ0n) is 25.1. The smallest absolute Gasteiger partial charge is 0.237 e. The molecule has 0 bridgehead atoms. The van der Waals surface area contributed by atoms with Crippen molar-refractivity contribution in [2.24, 2.45) is 23.7 Å². The maximum absolute atomic E-state index is 12.9. The molecule has 234 valence electrons. The lowest BCUT2D eigenvalue weighted by atomic mass is 9.74. The Morgan fingerprint density at radius 1 is 1.05 bits per heavy atom. The van der Waals surface area contributed by atoms with Crippen LogP contribution < -0.4 is 26.6 Å². The number of ether oxygens (including phenoxy) is 1. The fourth-order valence-corrected chi connectivity index (χ4v) is 7.54. The number of amides is 2. The molecule has 41 heavy (non-hydrogen) atoms. The number of likely N-dealkylation sites (tertiary alicyclic amines) is 2. The van der Waals surface area contributed by atoms with Gasteiger partial charge < -0.3 is 35.4 Å². The quantitative estimate of drug-likeness (QED) is 0.142. The second-order valence-corrected chi connectivity index (χ2v) is 13.3. The van der Waals surface area contributed by atoms with Crippen molar-refractivity contribution in [1.29, 1.82) is 0 Å². The van der Waals surface area contributed by atoms with Gasteiger partial charge in [0.1, 0.15) is 0 Å². The van der Waals surface area contributed by atoms with Gasteiger partial charge in [0.15, 0.2) is 0 Å². The molecule has 0 aromatic rings. The van der Waals surface area contributed by atoms with E-state index in [9.17, 15) is 19.8 Å². The summed E-state index contributed by atoms with van der Waals surface area (Å²) in [7, 11) is 1.85. The summed E-state index contributed by atoms with van der Waals surface area (Å²) in [5, 5.41) is 37.2. The Labute approximate surface area is 244 Å². The average Bonchev–Trinajstić information content (AvgIpc) is 3.39. The van der Waals surface area contributed by atoms with E-state index in [0.717, 1.165) is 51.9 Å². The molecule has 3 saturated heterocycles. The predicted molar refractivity (Wildman–Crippen MR) is 155 cm³/mol. The third kappa shape index (κ3) is 7.97. The zero-order valence-corrected chi connectivity index (χ0v) is 25.1. The van der Waals surface area contributed by atoms with Gasteiger partial charge in [0.05, 0.1) is 37.1 Å². The largest absolute Gasteiger partial charge is 0.390 e. The third-order valence-electron chi connectivity index (χ3n) is 10.4. The Morgan fingerprint density at radius 2 is 1.83 bits per heavy atom. The van der Waals surface area contributed by atoms with E-state index in [1.807, 2.05) is 18.9 Å². The van der Waals surface area contributed by atoms with Crippen LogP contribution in [0.4, 0.5) is 0 Å². The van der Waals surface area contributed by atoms with E-state index in [1.54, 1.807) is 6.92 Å². The van der Waals surface area contributed by atoms with Gasteiger partial charge in [0, 0.05) is 64.8 Å². The van der Waals surface area contributed by atoms with E-state index in [-0.39, 0.29) is 42.7 Å². The molecule has 11 atom stereocenters. The van der Waals surface area contributed by atoms with Gasteiger partial charge in [0.25, 0.3) is 0 Å². The van der Waals surface area contributed by atoms with Crippen LogP contribution in [-0.2, 0) is 14.3 Å². The van der Waals surface area contributed by atoms with Gasteiger partial charge in [-0.2, -0.15) is 0 Å². The van der Waals surface area contributed by atoms with Crippen LogP contribution in [0.3, 0.4) is 0 Å². The first kappa shape index (κ1) is 31.1. The molecule has 5 aliphatic rings. The summed E-state index contributed by atoms with van der Waals surface area (Å²) in [6, 6.07) is 0.132. The molecule has 12 heteroatoms. The van der Waals surface area contributed by atoms with Gasteiger partial charge in [0.2, 0.25) is 11.8 Å². The SMILES string of the molecule is CNC(C)C(O)COC1CCC2CN(C[C@@H](O)CNC(=O)C3CC(NC4[C@H]5CN(C(C)=O)C[C@@H]45)NCN3)CCC2C1. The van der Waals surface area contributed by atoms with Crippen LogP contribution >= 0.6 is 0 Å². The lowest BCUT2D eigenvalue weighted by molar-refractivity contribution is -0.128. The highest BCUT2D eigenvalue weighted by molar-refractivity contribution is 5.81. The van der Waals surface area contributed by atoms with E-state index in [4.69, 9.17) is 4.74 Å². The van der Waals surface area contributed by atoms with Crippen molar-refractivity contribution in [3.05, 3.63) is 0 Å². The van der Waals surface area contributed by atoms with E-state index in [1.165, 1.54) is 0 Å². The number of hydrogen-bond donors (Lipinski definition) is 7. The molecule has 0 spiro atoms. The van der Waals surface area contributed by atoms with Crippen molar-refractivity contribution in [2.45, 2.75) is 88.6 Å². The number of likely N-dealkylation sites (N-methyl/N-ethyl adjacent to an activating group) is 1. The summed E-state index contributed by atoms with van der Waals surface area (Å²) >= 11 is 0. The zero-order chi connectivity index (χ0) is 29.1. The number of hydrogen-bond acceptors (Lipinski definition) is 10. The van der Waals surface area contributed by atoms with E-state index in [0.29, 0.717) is 56.0 Å². The number of β-amino-alcohol motifs (C(OH)–C–C–N with tert-alkyl or cyclic N) is 1. The number of carbonyl (C=O) groups is 2. The highest BCUT2D eigenvalue weighted by Crippen LogP contribution is 2.45. The number of piperidine rings is 2. The standard InChI is InChI=1S/C29H53N7O5/c1-17(30-3)26(39)15-41-22-5-4-20-11-35(7-6-19(20)8-22)12-21(38)10-31-29(40)25-9-27(33-16-32-25)34-28-23-13-36(18(2)37)14-24(23)28/h17,19-28,30,32-34,38-39H,4-16H2,1-3H3,(H,31,40)/t17?,19?,20?,21-,22?,23-,24+,25?,26?,27?,28?/m0/s1. The van der Waals surface area contributed by atoms with Crippen molar-refractivity contribution in [2.75, 3.05) is 59.6 Å². The Kier molecular flexibility index (Phi) is 10.6. The van der Waals surface area contributed by atoms with Crippen molar-refractivity contribution < 1.29 is 24.5 Å². The number of nitrogens with one attached hydrogen (secondary N) is 5. The minimum Gasteiger partial charge on any atom is -0.390 e. The lowest BCUT2D eigenvalue weighted by Crippen LogP contribution is -2.61. The first-order valence-corrected chi connectivity index (χ1v) is 15.8. The van der Waals surface area contributed by atoms with Crippen LogP contribution in [0.2, 0.25) is 0 Å². The second kappa shape index (κ2) is 13.9. The van der Waals surface area contributed by atoms with Crippen LogP contribution in [0, 0.1) is 23.7 Å². The van der Waals surface area contributed by atoms with Gasteiger partial charge in [-0.05, 0) is 69.9 Å². The van der Waals surface area contributed by atoms with Crippen LogP contribution in [0.1, 0.15) is 46.0 Å². The maximum Gasteiger partial charge on any atom is 0.237 e. The van der Waals surface area contributed by atoms with Gasteiger partial charge in [-0.3, -0.25) is 25.5 Å². The van der Waals surface area contributed by atoms with Crippen molar-refractivity contribution in [1.82, 2.24) is 36.4 Å². The summed E-state index contributed by atoms with van der Waals surface area (Å²) < 4.78 is 6.06. The Morgan fingerprint density at radius 3 is 2.56 bits per heavy atom. The molecule has 2 saturated carbocycles. The topological polar surface area (TPSA) is 150 Å². The fourth-order valence-electron chi connectivity index (χ4n) is 7.54. The van der Waals surface area contributed by atoms with Crippen LogP contribution in [0.15, 0.2) is 0 Å². The number of carbonyl (C=O) groups excluding carboxylic acids is 2. The van der Waals surface area contributed by atoms with Crippen LogP contribution in [-0.4, -0.2) is 134 Å². The number of nitrogens with zero attached hydrogens (tertiary/aromatic N) is 2. The average molecular weight is 580 g/mol. The highest BCUT2D eigenvalue weighted by atomic mass is 16.5. The summed E-state index contributed by atoms with van der Waals surface area (Å²) in [4.78, 5) is 28.8. The molecule has 0 radical (unpaired) electrons. The first-order valence-electron chi connectivity index (χ1n) is 15.8. The van der Waals surface area contributed by atoms with Gasteiger partial charge in [-0.15, -0.1) is 0 Å². The minimum atomic E-state index is -0.600. The number of rotatable bonds is 12. The summed E-state index contributed by atoms with van der Waals surface area (Å²) in [6.45, 7) is 8.95. The molecule has 0 aromatic heterocycles. The summed E-state index contributed by atoms with van der Waals surface area (Å²) in [5.41, 5.74) is 0. The molecule has 8 unspecified atom stereocenters. The predicted octanol–water partition coefficient (Wildman–Crippen LogP) is -1.76. The molecule has 2 amide bonds. The Bertz CT molecular complexity index is 886. The monoisotopic (exact) mass is 579 g/mol. The van der Waals surface area contributed by atoms with E-state index in [2.05, 4.69) is 31.5 Å². The lowest BCUT2D eigenvalue weighted by Gasteiger charge is -2.44. The Hall–Kier alpha value is -1.38. The molecular weight excluding hydrogens is 526 g/mol. The van der Waals surface area contributed by atoms with Crippen molar-refractivity contribution >= 4 is 11.8 Å². The molecule has 5 fully saturated rings. The molecule has 0 aromatic carbocycles. The minimum absolute atomic E-state index is 0.0186. The molecular formula is C29H53N7O5. The normalized spacial score (nSPS) is 37.5. The van der Waals surface area contributed by atoms with Gasteiger partial charge in [-0.1, -0.05) is 0 Å². The van der Waals surface area contributed by atoms with Crippen molar-refractivity contribution in [3.63, 3.8) is 0 Å². The third-order valence-corrected chi connectivity index (χ3v) is 10.4. The molecule has 5 rings (SSSR count). The molecule has 7 N–H and O–H groups in total. The summed E-state index contributed by atoms with van der Waals surface area (Å²) in [5.74, 6) is 2.39. The number of fused-ring (bicyclic) bond motifs is 2. The number of aliphatic hydroxyl groups excluding tert-OH is 2. The van der Waals surface area contributed by atoms with Gasteiger partial charge >= 0.3 is 0 Å². The molecule has 3 aliphatic heterocycles. The summed E-state index contributed by atoms with van der Waals surface area (Å²) in [6.07, 6.45) is 4.12. The molecule has 3 heterocycles. The van der Waals surface area contributed by atoms with Gasteiger partial charge in [-0.25, -0.2) is 0 Å². The molecule has 2 aliphatic carbocycles. The van der Waals surface area contributed by atoms with Crippen LogP contribution in [0.5, 0.6) is 0 Å². The number of aliphatic hydroxyl groups is 2. The first-order chi connectivity index (χ1) is 19.7. The fraction of sp³-hybridized carbons (Fsp3) is 0.931.